The summed E-state index contributed by atoms with van der Waals surface area (Å²) in [6.45, 7) is 2.01. The average molecular weight is 401 g/mol. The summed E-state index contributed by atoms with van der Waals surface area (Å²) in [6, 6.07) is 8.11. The molecular weight excluding hydrogens is 384 g/mol. The first kappa shape index (κ1) is 17.6. The molecule has 124 valence electrons. The van der Waals surface area contributed by atoms with Crippen LogP contribution in [0.1, 0.15) is 18.1 Å². The van der Waals surface area contributed by atoms with E-state index in [0.717, 1.165) is 14.4 Å². The number of hydrogen-bond donors (Lipinski definition) is 1. The monoisotopic (exact) mass is 400 g/mol. The van der Waals surface area contributed by atoms with Crippen molar-refractivity contribution in [3.63, 3.8) is 0 Å². The Morgan fingerprint density at radius 1 is 1.30 bits per heavy atom. The number of hydrogen-bond acceptors (Lipinski definition) is 3. The lowest BCUT2D eigenvalue weighted by Gasteiger charge is -2.12. The topological polar surface area (TPSA) is 79.6 Å². The van der Waals surface area contributed by atoms with Crippen LogP contribution in [-0.4, -0.2) is 35.5 Å². The number of carboxylic acid groups (broad SMARTS) is 1. The molecule has 0 aliphatic rings. The summed E-state index contributed by atoms with van der Waals surface area (Å²) >= 11 is 3.34. The zero-order valence-electron chi connectivity index (χ0n) is 12.7. The number of amides is 1. The lowest BCUT2D eigenvalue weighted by atomic mass is 10.1. The molecule has 2 aromatic rings. The molecule has 1 aromatic carbocycles. The Balaban J connectivity index is 2.53. The summed E-state index contributed by atoms with van der Waals surface area (Å²) in [6.07, 6.45) is 0.993. The Kier molecular flexibility index (Phi) is 5.16. The Morgan fingerprint density at radius 3 is 2.43 bits per heavy atom. The Labute approximate surface area is 143 Å². The molecule has 0 atom stereocenters. The molecule has 0 bridgehead atoms. The van der Waals surface area contributed by atoms with Crippen molar-refractivity contribution in [3.8, 4) is 0 Å². The van der Waals surface area contributed by atoms with Crippen molar-refractivity contribution < 1.29 is 18.3 Å². The molecule has 0 radical (unpaired) electrons. The molecule has 0 saturated carbocycles. The highest BCUT2D eigenvalue weighted by Crippen LogP contribution is 2.29. The Morgan fingerprint density at radius 2 is 1.91 bits per heavy atom. The summed E-state index contributed by atoms with van der Waals surface area (Å²) < 4.78 is 27.1. The van der Waals surface area contributed by atoms with Gasteiger partial charge in [0, 0.05) is 13.2 Å². The van der Waals surface area contributed by atoms with Gasteiger partial charge < -0.3 is 10.0 Å². The van der Waals surface area contributed by atoms with E-state index in [1.165, 1.54) is 25.4 Å². The van der Waals surface area contributed by atoms with Crippen LogP contribution in [0.25, 0.3) is 0 Å². The molecule has 0 aliphatic heterocycles. The van der Waals surface area contributed by atoms with E-state index in [1.54, 1.807) is 18.2 Å². The third kappa shape index (κ3) is 3.42. The van der Waals surface area contributed by atoms with Crippen molar-refractivity contribution in [3.05, 3.63) is 52.3 Å². The van der Waals surface area contributed by atoms with Crippen LogP contribution in [0.3, 0.4) is 0 Å². The van der Waals surface area contributed by atoms with Crippen molar-refractivity contribution in [2.75, 3.05) is 7.05 Å². The number of benzene rings is 1. The second-order valence-corrected chi connectivity index (χ2v) is 7.60. The van der Waals surface area contributed by atoms with E-state index in [2.05, 4.69) is 15.9 Å². The number of rotatable bonds is 5. The molecule has 0 saturated heterocycles. The standard InChI is InChI=1S/C15H17BrN2O4S/c1-3-13-11(9-17(2)15(19)20)10-18(14(13)16)23(21,22)12-7-5-4-6-8-12/h4-8,10H,3,9H2,1-2H3,(H,19,20). The van der Waals surface area contributed by atoms with Gasteiger partial charge in [-0.3, -0.25) is 0 Å². The van der Waals surface area contributed by atoms with E-state index in [1.807, 2.05) is 6.92 Å². The summed E-state index contributed by atoms with van der Waals surface area (Å²) in [5, 5.41) is 9.01. The molecule has 2 rings (SSSR count). The first-order chi connectivity index (χ1) is 10.8. The second kappa shape index (κ2) is 6.76. The van der Waals surface area contributed by atoms with Gasteiger partial charge in [-0.25, -0.2) is 17.2 Å². The largest absolute Gasteiger partial charge is 0.465 e. The Hall–Kier alpha value is -1.80. The molecule has 23 heavy (non-hydrogen) atoms. The van der Waals surface area contributed by atoms with Crippen LogP contribution < -0.4 is 0 Å². The quantitative estimate of drug-likeness (QED) is 0.835. The van der Waals surface area contributed by atoms with E-state index in [-0.39, 0.29) is 11.4 Å². The maximum Gasteiger partial charge on any atom is 0.407 e. The third-order valence-electron chi connectivity index (χ3n) is 3.49. The summed E-state index contributed by atoms with van der Waals surface area (Å²) in [5.41, 5.74) is 1.43. The van der Waals surface area contributed by atoms with Gasteiger partial charge in [0.2, 0.25) is 0 Å². The van der Waals surface area contributed by atoms with Crippen molar-refractivity contribution in [1.82, 2.24) is 8.87 Å². The highest BCUT2D eigenvalue weighted by Gasteiger charge is 2.24. The minimum Gasteiger partial charge on any atom is -0.465 e. The summed E-state index contributed by atoms with van der Waals surface area (Å²) in [4.78, 5) is 12.3. The number of carbonyl (C=O) groups is 1. The van der Waals surface area contributed by atoms with Crippen LogP contribution in [0.5, 0.6) is 0 Å². The molecule has 1 N–H and O–H groups in total. The van der Waals surface area contributed by atoms with E-state index in [4.69, 9.17) is 5.11 Å². The predicted molar refractivity (Wildman–Crippen MR) is 90.0 cm³/mol. The van der Waals surface area contributed by atoms with E-state index >= 15 is 0 Å². The SMILES string of the molecule is CCc1c(CN(C)C(=O)O)cn(S(=O)(=O)c2ccccc2)c1Br. The van der Waals surface area contributed by atoms with Crippen molar-refractivity contribution in [1.29, 1.82) is 0 Å². The zero-order chi connectivity index (χ0) is 17.2. The minimum absolute atomic E-state index is 0.119. The lowest BCUT2D eigenvalue weighted by Crippen LogP contribution is -2.24. The van der Waals surface area contributed by atoms with Gasteiger partial charge in [-0.2, -0.15) is 0 Å². The van der Waals surface area contributed by atoms with Crippen LogP contribution in [0.2, 0.25) is 0 Å². The highest BCUT2D eigenvalue weighted by molar-refractivity contribution is 9.10. The normalized spacial score (nSPS) is 11.4. The van der Waals surface area contributed by atoms with Crippen LogP contribution in [0, 0.1) is 0 Å². The Bertz CT molecular complexity index is 816. The molecule has 0 unspecified atom stereocenters. The van der Waals surface area contributed by atoms with Gasteiger partial charge in [0.1, 0.15) is 4.60 Å². The van der Waals surface area contributed by atoms with Gasteiger partial charge in [-0.15, -0.1) is 0 Å². The number of aromatic nitrogens is 1. The van der Waals surface area contributed by atoms with Crippen LogP contribution in [0.15, 0.2) is 46.0 Å². The van der Waals surface area contributed by atoms with Gasteiger partial charge in [-0.05, 0) is 45.6 Å². The predicted octanol–water partition coefficient (Wildman–Crippen LogP) is 3.16. The van der Waals surface area contributed by atoms with E-state index in [0.29, 0.717) is 16.6 Å². The zero-order valence-corrected chi connectivity index (χ0v) is 15.1. The summed E-state index contributed by atoms with van der Waals surface area (Å²) in [5.74, 6) is 0. The molecule has 1 aromatic heterocycles. The molecule has 0 fully saturated rings. The summed E-state index contributed by atoms with van der Waals surface area (Å²) in [7, 11) is -2.29. The average Bonchev–Trinajstić information content (AvgIpc) is 2.84. The fourth-order valence-electron chi connectivity index (χ4n) is 2.25. The molecule has 8 heteroatoms. The molecule has 0 spiro atoms. The van der Waals surface area contributed by atoms with Crippen molar-refractivity contribution >= 4 is 32.0 Å². The molecule has 6 nitrogen and oxygen atoms in total. The first-order valence-electron chi connectivity index (χ1n) is 6.92. The lowest BCUT2D eigenvalue weighted by molar-refractivity contribution is 0.153. The van der Waals surface area contributed by atoms with Crippen LogP contribution >= 0.6 is 15.9 Å². The van der Waals surface area contributed by atoms with Crippen molar-refractivity contribution in [2.45, 2.75) is 24.8 Å². The van der Waals surface area contributed by atoms with Crippen LogP contribution in [0.4, 0.5) is 4.79 Å². The fourth-order valence-corrected chi connectivity index (χ4v) is 4.78. The molecular formula is C15H17BrN2O4S. The number of halogens is 1. The number of nitrogens with zero attached hydrogens (tertiary/aromatic N) is 2. The smallest absolute Gasteiger partial charge is 0.407 e. The minimum atomic E-state index is -3.73. The van der Waals surface area contributed by atoms with Gasteiger partial charge >= 0.3 is 6.09 Å². The van der Waals surface area contributed by atoms with Gasteiger partial charge in [-0.1, -0.05) is 25.1 Å². The second-order valence-electron chi connectivity index (χ2n) is 5.03. The fraction of sp³-hybridized carbons (Fsp3) is 0.267. The van der Waals surface area contributed by atoms with E-state index < -0.39 is 16.1 Å². The maximum atomic E-state index is 12.8. The van der Waals surface area contributed by atoms with Crippen LogP contribution in [-0.2, 0) is 23.0 Å². The highest BCUT2D eigenvalue weighted by atomic mass is 79.9. The molecule has 1 heterocycles. The third-order valence-corrected chi connectivity index (χ3v) is 6.26. The van der Waals surface area contributed by atoms with Crippen molar-refractivity contribution in [2.24, 2.45) is 0 Å². The molecule has 0 aliphatic carbocycles. The van der Waals surface area contributed by atoms with Gasteiger partial charge in [0.05, 0.1) is 11.4 Å². The van der Waals surface area contributed by atoms with E-state index in [9.17, 15) is 13.2 Å². The van der Waals surface area contributed by atoms with Gasteiger partial charge in [0.25, 0.3) is 10.0 Å². The first-order valence-corrected chi connectivity index (χ1v) is 9.15. The molecule has 1 amide bonds. The maximum absolute atomic E-state index is 12.8. The van der Waals surface area contributed by atoms with Gasteiger partial charge in [0.15, 0.2) is 0 Å².